The molecule has 4 N–H and O–H groups in total. The number of para-hydroxylation sites is 2. The summed E-state index contributed by atoms with van der Waals surface area (Å²) in [7, 11) is 0. The maximum Gasteiger partial charge on any atom is 2.00 e. The van der Waals surface area contributed by atoms with Crippen LogP contribution in [0.5, 0.6) is 23.0 Å². The first-order chi connectivity index (χ1) is 20.0. The molecule has 4 aromatic rings. The average molecular weight is 707 g/mol. The van der Waals surface area contributed by atoms with Crippen molar-refractivity contribution in [2.24, 2.45) is 10.2 Å². The largest absolute Gasteiger partial charge is 2.00 e. The fourth-order valence-corrected chi connectivity index (χ4v) is 4.14. The molecule has 4 aromatic carbocycles. The summed E-state index contributed by atoms with van der Waals surface area (Å²) in [6.45, 7) is 0. The molecule has 0 atom stereocenters. The summed E-state index contributed by atoms with van der Waals surface area (Å²) in [6, 6.07) is 17.4. The smallest absolute Gasteiger partial charge is 0.871 e. The summed E-state index contributed by atoms with van der Waals surface area (Å²) >= 11 is 22.9. The van der Waals surface area contributed by atoms with Crippen LogP contribution >= 0.6 is 46.4 Å². The van der Waals surface area contributed by atoms with Gasteiger partial charge in [0.25, 0.3) is 11.8 Å². The van der Waals surface area contributed by atoms with E-state index in [-0.39, 0.29) is 70.3 Å². The van der Waals surface area contributed by atoms with Gasteiger partial charge < -0.3 is 20.4 Å². The molecule has 0 aromatic heterocycles. The third-order valence-electron chi connectivity index (χ3n) is 5.11. The quantitative estimate of drug-likeness (QED) is 0.124. The van der Waals surface area contributed by atoms with E-state index in [1.165, 1.54) is 48.5 Å². The molecule has 0 fully saturated rings. The van der Waals surface area contributed by atoms with Crippen LogP contribution in [0.4, 0.5) is 0 Å². The van der Waals surface area contributed by atoms with Gasteiger partial charge in [0.15, 0.2) is 0 Å². The number of hydrogen-bond acceptors (Lipinski definition) is 8. The van der Waals surface area contributed by atoms with Gasteiger partial charge in [-0.2, -0.15) is 10.2 Å². The first kappa shape index (κ1) is 35.2. The van der Waals surface area contributed by atoms with Gasteiger partial charge in [-0.1, -0.05) is 82.2 Å². The Kier molecular flexibility index (Phi) is 13.6. The maximum atomic E-state index is 11.8. The summed E-state index contributed by atoms with van der Waals surface area (Å²) in [6.07, 6.45) is 2.27. The average Bonchev–Trinajstić information content (AvgIpc) is 2.94. The number of rotatable bonds is 6. The van der Waals surface area contributed by atoms with Crippen LogP contribution in [0.15, 0.2) is 83.0 Å². The van der Waals surface area contributed by atoms with Crippen molar-refractivity contribution in [2.75, 3.05) is 0 Å². The molecule has 0 heterocycles. The van der Waals surface area contributed by atoms with Crippen LogP contribution in [0.25, 0.3) is 0 Å². The van der Waals surface area contributed by atoms with E-state index in [9.17, 15) is 30.0 Å². The number of phenols is 2. The van der Waals surface area contributed by atoms with E-state index in [1.54, 1.807) is 24.3 Å². The van der Waals surface area contributed by atoms with Crippen molar-refractivity contribution in [1.82, 2.24) is 10.9 Å². The number of carbonyl (C=O) groups excluding carboxylic acids is 2. The van der Waals surface area contributed by atoms with E-state index < -0.39 is 23.3 Å². The molecular weight excluding hydrogens is 689 g/mol. The molecule has 224 valence electrons. The number of aromatic hydroxyl groups is 2. The normalized spacial score (nSPS) is 10.5. The van der Waals surface area contributed by atoms with Gasteiger partial charge in [-0.3, -0.25) is 9.59 Å². The van der Waals surface area contributed by atoms with Crippen molar-refractivity contribution in [3.8, 4) is 23.0 Å². The number of benzene rings is 4. The van der Waals surface area contributed by atoms with Crippen molar-refractivity contribution >= 4 is 70.6 Å². The van der Waals surface area contributed by atoms with E-state index in [1.807, 2.05) is 0 Å². The number of hydrazone groups is 2. The third-order valence-corrected chi connectivity index (χ3v) is 6.11. The van der Waals surface area contributed by atoms with Crippen molar-refractivity contribution in [1.29, 1.82) is 0 Å². The SMILES string of the molecule is O=C(NN=Cc1cc(Cl)cc(Cl)c1[O-])c1ccccc1O.O=C(NN=Cc1cc(Cl)cc(Cl)c1[O-])c1ccccc1O.[Ni+2]. The zero-order valence-corrected chi connectivity index (χ0v) is 25.3. The molecule has 0 bridgehead atoms. The van der Waals surface area contributed by atoms with Gasteiger partial charge >= 0.3 is 16.5 Å². The Morgan fingerprint density at radius 3 is 1.35 bits per heavy atom. The second-order valence-corrected chi connectivity index (χ2v) is 9.73. The summed E-state index contributed by atoms with van der Waals surface area (Å²) in [5.74, 6) is -2.43. The van der Waals surface area contributed by atoms with Crippen LogP contribution < -0.4 is 21.1 Å². The number of carbonyl (C=O) groups is 2. The van der Waals surface area contributed by atoms with Gasteiger partial charge in [0.05, 0.1) is 23.6 Å². The third kappa shape index (κ3) is 10.1. The molecule has 0 spiro atoms. The van der Waals surface area contributed by atoms with E-state index in [4.69, 9.17) is 46.4 Å². The Bertz CT molecular complexity index is 1560. The standard InChI is InChI=1S/2C14H10Cl2N2O3.Ni/c2*15-9-5-8(13(20)11(16)6-9)7-17-18-14(21)10-3-1-2-4-12(10)19;/h2*1-7,19-20H,(H,18,21);/q;;+2/p-2. The second kappa shape index (κ2) is 16.6. The molecule has 0 aliphatic heterocycles. The van der Waals surface area contributed by atoms with Gasteiger partial charge in [0.1, 0.15) is 11.5 Å². The van der Waals surface area contributed by atoms with Crippen molar-refractivity contribution in [3.63, 3.8) is 0 Å². The van der Waals surface area contributed by atoms with Crippen molar-refractivity contribution in [3.05, 3.63) is 115 Å². The van der Waals surface area contributed by atoms with Crippen molar-refractivity contribution < 1.29 is 46.5 Å². The fourth-order valence-electron chi connectivity index (χ4n) is 3.12. The monoisotopic (exact) mass is 704 g/mol. The summed E-state index contributed by atoms with van der Waals surface area (Å²) in [5, 5.41) is 50.2. The van der Waals surface area contributed by atoms with Crippen LogP contribution in [0.1, 0.15) is 31.8 Å². The summed E-state index contributed by atoms with van der Waals surface area (Å²) < 4.78 is 0. The molecule has 0 saturated carbocycles. The topological polar surface area (TPSA) is 169 Å². The van der Waals surface area contributed by atoms with Gasteiger partial charge in [0.2, 0.25) is 0 Å². The molecule has 4 rings (SSSR count). The summed E-state index contributed by atoms with van der Waals surface area (Å²) in [4.78, 5) is 23.5. The van der Waals surface area contributed by atoms with Crippen molar-refractivity contribution in [2.45, 2.75) is 0 Å². The number of hydrogen-bond donors (Lipinski definition) is 4. The minimum Gasteiger partial charge on any atom is -0.871 e. The number of phenolic OH excluding ortho intramolecular Hbond substituents is 2. The van der Waals surface area contributed by atoms with E-state index >= 15 is 0 Å². The van der Waals surface area contributed by atoms with E-state index in [2.05, 4.69) is 21.1 Å². The number of nitrogens with zero attached hydrogens (tertiary/aromatic N) is 2. The molecule has 15 heteroatoms. The first-order valence-electron chi connectivity index (χ1n) is 11.5. The zero-order valence-electron chi connectivity index (χ0n) is 21.3. The minimum absolute atomic E-state index is 0. The molecule has 0 unspecified atom stereocenters. The van der Waals surface area contributed by atoms with Crippen LogP contribution in [0, 0.1) is 0 Å². The Morgan fingerprint density at radius 1 is 0.651 bits per heavy atom. The van der Waals surface area contributed by atoms with Crippen LogP contribution in [-0.2, 0) is 16.5 Å². The van der Waals surface area contributed by atoms with Gasteiger partial charge in [-0.25, -0.2) is 10.9 Å². The second-order valence-electron chi connectivity index (χ2n) is 8.04. The van der Waals surface area contributed by atoms with Gasteiger partial charge in [0, 0.05) is 20.1 Å². The number of nitrogens with one attached hydrogen (secondary N) is 2. The minimum atomic E-state index is -0.607. The Hall–Kier alpha value is -3.99. The molecule has 43 heavy (non-hydrogen) atoms. The molecule has 0 saturated heterocycles. The van der Waals surface area contributed by atoms with Gasteiger partial charge in [-0.05, 0) is 59.7 Å². The molecular formula is C28H18Cl4N4NiO6. The molecule has 0 aliphatic carbocycles. The van der Waals surface area contributed by atoms with Gasteiger partial charge in [-0.15, -0.1) is 0 Å². The van der Waals surface area contributed by atoms with E-state index in [0.29, 0.717) is 0 Å². The zero-order chi connectivity index (χ0) is 30.8. The predicted molar refractivity (Wildman–Crippen MR) is 158 cm³/mol. The number of halogens is 4. The molecule has 0 radical (unpaired) electrons. The Labute approximate surface area is 275 Å². The van der Waals surface area contributed by atoms with Crippen LogP contribution in [0.2, 0.25) is 20.1 Å². The Morgan fingerprint density at radius 2 is 1.00 bits per heavy atom. The molecule has 0 aliphatic rings. The number of amides is 2. The van der Waals surface area contributed by atoms with E-state index in [0.717, 1.165) is 12.4 Å². The van der Waals surface area contributed by atoms with Crippen LogP contribution in [0.3, 0.4) is 0 Å². The van der Waals surface area contributed by atoms with Crippen LogP contribution in [-0.4, -0.2) is 34.5 Å². The Balaban J connectivity index is 0.000000293. The fraction of sp³-hybridized carbons (Fsp3) is 0. The molecule has 2 amide bonds. The molecule has 10 nitrogen and oxygen atoms in total. The predicted octanol–water partition coefficient (Wildman–Crippen LogP) is 5.07. The summed E-state index contributed by atoms with van der Waals surface area (Å²) in [5.41, 5.74) is 4.83. The maximum absolute atomic E-state index is 11.8. The first-order valence-corrected chi connectivity index (χ1v) is 13.0.